The fourth-order valence-corrected chi connectivity index (χ4v) is 3.86. The lowest BCUT2D eigenvalue weighted by Crippen LogP contribution is -2.10. The highest BCUT2D eigenvalue weighted by atomic mass is 79.9. The third-order valence-electron chi connectivity index (χ3n) is 2.89. The largest absolute Gasteiger partial charge is 0.269 e. The van der Waals surface area contributed by atoms with E-state index in [1.54, 1.807) is 0 Å². The first-order chi connectivity index (χ1) is 8.86. The van der Waals surface area contributed by atoms with Crippen LogP contribution in [0.1, 0.15) is 19.8 Å². The third kappa shape index (κ3) is 4.91. The lowest BCUT2D eigenvalue weighted by Gasteiger charge is -2.09. The Balaban J connectivity index is 2.74. The van der Waals surface area contributed by atoms with Crippen LogP contribution in [0.5, 0.6) is 0 Å². The molecule has 0 fully saturated rings. The van der Waals surface area contributed by atoms with Crippen LogP contribution in [0.4, 0.5) is 5.69 Å². The van der Waals surface area contributed by atoms with Crippen molar-refractivity contribution in [3.05, 3.63) is 34.4 Å². The molecular weight excluding hydrogens is 334 g/mol. The van der Waals surface area contributed by atoms with Gasteiger partial charge in [0.25, 0.3) is 5.69 Å². The quantitative estimate of drug-likeness (QED) is 0.430. The monoisotopic (exact) mass is 349 g/mol. The van der Waals surface area contributed by atoms with E-state index in [2.05, 4.69) is 15.9 Å². The Morgan fingerprint density at radius 3 is 2.32 bits per heavy atom. The van der Waals surface area contributed by atoms with Gasteiger partial charge in [-0.2, -0.15) is 0 Å². The van der Waals surface area contributed by atoms with Crippen LogP contribution in [-0.2, 0) is 9.84 Å². The van der Waals surface area contributed by atoms with E-state index in [9.17, 15) is 18.5 Å². The van der Waals surface area contributed by atoms with Crippen molar-refractivity contribution in [3.63, 3.8) is 0 Å². The van der Waals surface area contributed by atoms with Gasteiger partial charge in [-0.1, -0.05) is 22.9 Å². The number of halogens is 1. The van der Waals surface area contributed by atoms with E-state index >= 15 is 0 Å². The Labute approximate surface area is 121 Å². The average Bonchev–Trinajstić information content (AvgIpc) is 2.37. The van der Waals surface area contributed by atoms with Crippen LogP contribution in [0.25, 0.3) is 0 Å². The standard InChI is InChI=1S/C12H16BrNO4S/c1-10(6-8-13)7-9-19(17,18)12-4-2-11(3-5-12)14(15)16/h2-5,10H,6-9H2,1H3. The summed E-state index contributed by atoms with van der Waals surface area (Å²) in [5.41, 5.74) is -0.105. The Morgan fingerprint density at radius 2 is 1.84 bits per heavy atom. The van der Waals surface area contributed by atoms with Crippen molar-refractivity contribution in [1.82, 2.24) is 0 Å². The number of hydrogen-bond acceptors (Lipinski definition) is 4. The van der Waals surface area contributed by atoms with Crippen molar-refractivity contribution in [3.8, 4) is 0 Å². The van der Waals surface area contributed by atoms with E-state index in [0.717, 1.165) is 11.8 Å². The van der Waals surface area contributed by atoms with E-state index in [1.165, 1.54) is 24.3 Å². The van der Waals surface area contributed by atoms with Crippen molar-refractivity contribution in [2.75, 3.05) is 11.1 Å². The van der Waals surface area contributed by atoms with Gasteiger partial charge in [-0.15, -0.1) is 0 Å². The number of rotatable bonds is 7. The Bertz CT molecular complexity index is 527. The molecule has 0 amide bonds. The molecule has 1 rings (SSSR count). The minimum atomic E-state index is -3.35. The summed E-state index contributed by atoms with van der Waals surface area (Å²) in [6.07, 6.45) is 1.51. The number of nitro benzene ring substituents is 1. The summed E-state index contributed by atoms with van der Waals surface area (Å²) in [7, 11) is -3.35. The molecule has 1 atom stereocenters. The van der Waals surface area contributed by atoms with Gasteiger partial charge in [0.2, 0.25) is 0 Å². The van der Waals surface area contributed by atoms with Crippen LogP contribution in [-0.4, -0.2) is 24.4 Å². The number of nitro groups is 1. The zero-order valence-corrected chi connectivity index (χ0v) is 13.0. The second-order valence-electron chi connectivity index (χ2n) is 4.44. The number of non-ortho nitro benzene ring substituents is 1. The maximum atomic E-state index is 12.0. The third-order valence-corrected chi connectivity index (χ3v) is 5.11. The molecule has 0 saturated carbocycles. The molecule has 0 radical (unpaired) electrons. The number of nitrogens with zero attached hydrogens (tertiary/aromatic N) is 1. The van der Waals surface area contributed by atoms with E-state index in [0.29, 0.717) is 12.3 Å². The zero-order valence-electron chi connectivity index (χ0n) is 10.6. The van der Waals surface area contributed by atoms with Gasteiger partial charge in [-0.3, -0.25) is 10.1 Å². The predicted octanol–water partition coefficient (Wildman–Crippen LogP) is 3.18. The molecule has 0 aliphatic carbocycles. The van der Waals surface area contributed by atoms with Gasteiger partial charge in [-0.25, -0.2) is 8.42 Å². The van der Waals surface area contributed by atoms with Crippen molar-refractivity contribution < 1.29 is 13.3 Å². The highest BCUT2D eigenvalue weighted by molar-refractivity contribution is 9.09. The maximum Gasteiger partial charge on any atom is 0.269 e. The molecule has 5 nitrogen and oxygen atoms in total. The van der Waals surface area contributed by atoms with Gasteiger partial charge in [0.1, 0.15) is 0 Å². The maximum absolute atomic E-state index is 12.0. The van der Waals surface area contributed by atoms with Crippen molar-refractivity contribution >= 4 is 31.5 Å². The van der Waals surface area contributed by atoms with E-state index in [-0.39, 0.29) is 16.3 Å². The van der Waals surface area contributed by atoms with Gasteiger partial charge < -0.3 is 0 Å². The highest BCUT2D eigenvalue weighted by Gasteiger charge is 2.17. The van der Waals surface area contributed by atoms with Crippen LogP contribution < -0.4 is 0 Å². The summed E-state index contributed by atoms with van der Waals surface area (Å²) in [6, 6.07) is 5.02. The van der Waals surface area contributed by atoms with Crippen LogP contribution >= 0.6 is 15.9 Å². The zero-order chi connectivity index (χ0) is 14.5. The van der Waals surface area contributed by atoms with Crippen LogP contribution in [0.15, 0.2) is 29.2 Å². The Hall–Kier alpha value is -0.950. The lowest BCUT2D eigenvalue weighted by atomic mass is 10.1. The average molecular weight is 350 g/mol. The molecule has 0 aliphatic rings. The van der Waals surface area contributed by atoms with Crippen molar-refractivity contribution in [2.24, 2.45) is 5.92 Å². The van der Waals surface area contributed by atoms with Gasteiger partial charge in [0.05, 0.1) is 15.6 Å². The second kappa shape index (κ2) is 7.00. The number of benzene rings is 1. The number of hydrogen-bond donors (Lipinski definition) is 0. The Kier molecular flexibility index (Phi) is 5.93. The normalized spacial score (nSPS) is 13.2. The number of sulfone groups is 1. The molecule has 0 spiro atoms. The summed E-state index contributed by atoms with van der Waals surface area (Å²) in [5.74, 6) is 0.395. The first-order valence-corrected chi connectivity index (χ1v) is 8.67. The molecule has 19 heavy (non-hydrogen) atoms. The van der Waals surface area contributed by atoms with Crippen molar-refractivity contribution in [2.45, 2.75) is 24.7 Å². The molecule has 7 heteroatoms. The summed E-state index contributed by atoms with van der Waals surface area (Å²) in [5, 5.41) is 11.4. The van der Waals surface area contributed by atoms with E-state index in [4.69, 9.17) is 0 Å². The molecule has 1 aromatic carbocycles. The number of alkyl halides is 1. The summed E-state index contributed by atoms with van der Waals surface area (Å²) >= 11 is 3.32. The van der Waals surface area contributed by atoms with Crippen LogP contribution in [0, 0.1) is 16.0 Å². The molecular formula is C12H16BrNO4S. The van der Waals surface area contributed by atoms with Gasteiger partial charge in [-0.05, 0) is 30.9 Å². The lowest BCUT2D eigenvalue weighted by molar-refractivity contribution is -0.384. The van der Waals surface area contributed by atoms with Gasteiger partial charge >= 0.3 is 0 Å². The Morgan fingerprint density at radius 1 is 1.26 bits per heavy atom. The van der Waals surface area contributed by atoms with Crippen molar-refractivity contribution in [1.29, 1.82) is 0 Å². The molecule has 0 aromatic heterocycles. The topological polar surface area (TPSA) is 77.3 Å². The fraction of sp³-hybridized carbons (Fsp3) is 0.500. The van der Waals surface area contributed by atoms with Gasteiger partial charge in [0.15, 0.2) is 9.84 Å². The summed E-state index contributed by atoms with van der Waals surface area (Å²) in [6.45, 7) is 2.01. The molecule has 1 unspecified atom stereocenters. The first-order valence-electron chi connectivity index (χ1n) is 5.90. The smallest absolute Gasteiger partial charge is 0.258 e. The molecule has 0 heterocycles. The van der Waals surface area contributed by atoms with Crippen LogP contribution in [0.2, 0.25) is 0 Å². The molecule has 106 valence electrons. The van der Waals surface area contributed by atoms with Gasteiger partial charge in [0, 0.05) is 17.5 Å². The summed E-state index contributed by atoms with van der Waals surface area (Å²) < 4.78 is 24.1. The predicted molar refractivity (Wildman–Crippen MR) is 77.3 cm³/mol. The summed E-state index contributed by atoms with van der Waals surface area (Å²) in [4.78, 5) is 10.1. The molecule has 0 bridgehead atoms. The molecule has 0 aliphatic heterocycles. The minimum absolute atomic E-state index is 0.0684. The second-order valence-corrected chi connectivity index (χ2v) is 7.34. The van der Waals surface area contributed by atoms with E-state index < -0.39 is 14.8 Å². The molecule has 0 N–H and O–H groups in total. The van der Waals surface area contributed by atoms with Crippen LogP contribution in [0.3, 0.4) is 0 Å². The minimum Gasteiger partial charge on any atom is -0.258 e. The fourth-order valence-electron chi connectivity index (χ4n) is 1.58. The molecule has 1 aromatic rings. The highest BCUT2D eigenvalue weighted by Crippen LogP contribution is 2.19. The SMILES string of the molecule is CC(CCBr)CCS(=O)(=O)c1ccc([N+](=O)[O-])cc1. The first kappa shape index (κ1) is 16.1. The van der Waals surface area contributed by atoms with E-state index in [1.807, 2.05) is 6.92 Å². The molecule has 0 saturated heterocycles.